The number of hydrogen-bond acceptors (Lipinski definition) is 3. The van der Waals surface area contributed by atoms with E-state index in [1.165, 1.54) is 4.90 Å². The van der Waals surface area contributed by atoms with E-state index in [2.05, 4.69) is 5.32 Å². The monoisotopic (exact) mass is 422 g/mol. The van der Waals surface area contributed by atoms with Gasteiger partial charge in [0.05, 0.1) is 0 Å². The van der Waals surface area contributed by atoms with Crippen molar-refractivity contribution in [1.29, 1.82) is 0 Å². The Morgan fingerprint density at radius 3 is 2.50 bits per heavy atom. The van der Waals surface area contributed by atoms with Crippen molar-refractivity contribution in [2.45, 2.75) is 32.9 Å². The van der Waals surface area contributed by atoms with Crippen molar-refractivity contribution in [1.82, 2.24) is 10.2 Å². The molecule has 5 nitrogen and oxygen atoms in total. The molecule has 0 aliphatic rings. The van der Waals surface area contributed by atoms with Crippen LogP contribution in [0.3, 0.4) is 0 Å². The van der Waals surface area contributed by atoms with E-state index in [9.17, 15) is 9.59 Å². The maximum Gasteiger partial charge on any atom is 0.261 e. The van der Waals surface area contributed by atoms with E-state index in [0.29, 0.717) is 28.8 Å². The summed E-state index contributed by atoms with van der Waals surface area (Å²) in [4.78, 5) is 27.0. The number of carbonyl (C=O) groups excluding carboxylic acids is 2. The van der Waals surface area contributed by atoms with Gasteiger partial charge in [0.1, 0.15) is 11.8 Å². The first kappa shape index (κ1) is 22.1. The second-order valence-corrected chi connectivity index (χ2v) is 7.02. The van der Waals surface area contributed by atoms with E-state index in [1.54, 1.807) is 30.3 Å². The zero-order chi connectivity index (χ0) is 20.5. The van der Waals surface area contributed by atoms with Gasteiger partial charge in [-0.25, -0.2) is 0 Å². The molecule has 0 heterocycles. The van der Waals surface area contributed by atoms with Gasteiger partial charge in [0.2, 0.25) is 5.91 Å². The molecule has 0 bridgehead atoms. The van der Waals surface area contributed by atoms with Crippen LogP contribution in [-0.2, 0) is 16.1 Å². The Morgan fingerprint density at radius 1 is 1.11 bits per heavy atom. The van der Waals surface area contributed by atoms with Gasteiger partial charge in [0, 0.05) is 23.1 Å². The van der Waals surface area contributed by atoms with Crippen molar-refractivity contribution in [3.05, 3.63) is 64.1 Å². The van der Waals surface area contributed by atoms with Crippen LogP contribution >= 0.6 is 23.2 Å². The summed E-state index contributed by atoms with van der Waals surface area (Å²) in [7, 11) is 0. The Balaban J connectivity index is 2.21. The summed E-state index contributed by atoms with van der Waals surface area (Å²) in [5.41, 5.74) is 0.767. The zero-order valence-corrected chi connectivity index (χ0v) is 17.5. The summed E-state index contributed by atoms with van der Waals surface area (Å²) in [6, 6.07) is 13.5. The summed E-state index contributed by atoms with van der Waals surface area (Å²) in [6.45, 7) is 4.20. The number of benzene rings is 2. The second-order valence-electron chi connectivity index (χ2n) is 6.18. The van der Waals surface area contributed by atoms with Gasteiger partial charge in [0.25, 0.3) is 5.91 Å². The molecule has 0 spiro atoms. The average Bonchev–Trinajstić information content (AvgIpc) is 2.67. The Kier molecular flexibility index (Phi) is 8.61. The van der Waals surface area contributed by atoms with Gasteiger partial charge in [-0.1, -0.05) is 54.4 Å². The molecule has 0 radical (unpaired) electrons. The van der Waals surface area contributed by atoms with Crippen LogP contribution in [0.25, 0.3) is 0 Å². The minimum atomic E-state index is -0.619. The van der Waals surface area contributed by atoms with Crippen LogP contribution in [0.5, 0.6) is 5.75 Å². The first-order valence-electron chi connectivity index (χ1n) is 9.15. The van der Waals surface area contributed by atoms with Gasteiger partial charge in [0.15, 0.2) is 6.61 Å². The van der Waals surface area contributed by atoms with Gasteiger partial charge in [-0.15, -0.1) is 0 Å². The number of nitrogens with zero attached hydrogens (tertiary/aromatic N) is 1. The highest BCUT2D eigenvalue weighted by Gasteiger charge is 2.29. The molecule has 7 heteroatoms. The lowest BCUT2D eigenvalue weighted by atomic mass is 10.1. The van der Waals surface area contributed by atoms with E-state index in [4.69, 9.17) is 27.9 Å². The molecule has 150 valence electrons. The van der Waals surface area contributed by atoms with Gasteiger partial charge in [-0.2, -0.15) is 0 Å². The number of rotatable bonds is 9. The summed E-state index contributed by atoms with van der Waals surface area (Å²) >= 11 is 12.2. The number of likely N-dealkylation sites (N-methyl/N-ethyl adjacent to an activating group) is 1. The highest BCUT2D eigenvalue weighted by atomic mass is 35.5. The highest BCUT2D eigenvalue weighted by molar-refractivity contribution is 6.31. The minimum absolute atomic E-state index is 0.201. The van der Waals surface area contributed by atoms with E-state index in [1.807, 2.05) is 32.0 Å². The van der Waals surface area contributed by atoms with Crippen molar-refractivity contribution < 1.29 is 14.3 Å². The van der Waals surface area contributed by atoms with Crippen LogP contribution in [0.1, 0.15) is 25.8 Å². The van der Waals surface area contributed by atoms with Crippen molar-refractivity contribution in [3.8, 4) is 5.75 Å². The van der Waals surface area contributed by atoms with Crippen LogP contribution < -0.4 is 10.1 Å². The summed E-state index contributed by atoms with van der Waals surface area (Å²) in [5.74, 6) is -0.0178. The Bertz CT molecular complexity index is 814. The second kappa shape index (κ2) is 10.9. The van der Waals surface area contributed by atoms with Crippen LogP contribution in [0.2, 0.25) is 10.0 Å². The predicted molar refractivity (Wildman–Crippen MR) is 112 cm³/mol. The van der Waals surface area contributed by atoms with E-state index < -0.39 is 6.04 Å². The Hall–Kier alpha value is -2.24. The van der Waals surface area contributed by atoms with E-state index in [-0.39, 0.29) is 25.0 Å². The zero-order valence-electron chi connectivity index (χ0n) is 16.0. The molecule has 2 amide bonds. The molecule has 0 unspecified atom stereocenters. The fourth-order valence-corrected chi connectivity index (χ4v) is 3.18. The summed E-state index contributed by atoms with van der Waals surface area (Å²) < 4.78 is 5.59. The Labute approximate surface area is 175 Å². The maximum absolute atomic E-state index is 13.0. The summed E-state index contributed by atoms with van der Waals surface area (Å²) in [6.07, 6.45) is 0.471. The van der Waals surface area contributed by atoms with Gasteiger partial charge >= 0.3 is 0 Å². The van der Waals surface area contributed by atoms with E-state index in [0.717, 1.165) is 5.56 Å². The molecule has 2 rings (SSSR count). The van der Waals surface area contributed by atoms with Crippen LogP contribution in [0.4, 0.5) is 0 Å². The molecular formula is C21H24Cl2N2O3. The van der Waals surface area contributed by atoms with Crippen molar-refractivity contribution in [3.63, 3.8) is 0 Å². The average molecular weight is 423 g/mol. The molecule has 0 aromatic heterocycles. The molecule has 1 N–H and O–H groups in total. The van der Waals surface area contributed by atoms with E-state index >= 15 is 0 Å². The number of hydrogen-bond donors (Lipinski definition) is 1. The molecule has 28 heavy (non-hydrogen) atoms. The fourth-order valence-electron chi connectivity index (χ4n) is 2.81. The first-order valence-corrected chi connectivity index (χ1v) is 9.90. The molecule has 0 aliphatic heterocycles. The number of nitrogens with one attached hydrogen (secondary N) is 1. The quantitative estimate of drug-likeness (QED) is 0.654. The smallest absolute Gasteiger partial charge is 0.261 e. The number of amides is 2. The fraction of sp³-hybridized carbons (Fsp3) is 0.333. The Morgan fingerprint density at radius 2 is 1.86 bits per heavy atom. The van der Waals surface area contributed by atoms with Crippen LogP contribution in [0, 0.1) is 0 Å². The van der Waals surface area contributed by atoms with Gasteiger partial charge < -0.3 is 15.0 Å². The molecule has 0 aliphatic carbocycles. The lowest BCUT2D eigenvalue weighted by molar-refractivity contribution is -0.142. The third-order valence-electron chi connectivity index (χ3n) is 4.19. The lowest BCUT2D eigenvalue weighted by Crippen LogP contribution is -2.50. The predicted octanol–water partition coefficient (Wildman–Crippen LogP) is 4.32. The van der Waals surface area contributed by atoms with Crippen molar-refractivity contribution >= 4 is 35.0 Å². The molecule has 2 aromatic carbocycles. The SMILES string of the molecule is CCNC(=O)[C@H](CC)N(Cc1ccccc1Cl)C(=O)COc1cccc(Cl)c1. The molecule has 2 aromatic rings. The van der Waals surface area contributed by atoms with Gasteiger partial charge in [-0.3, -0.25) is 9.59 Å². The topological polar surface area (TPSA) is 58.6 Å². The minimum Gasteiger partial charge on any atom is -0.484 e. The standard InChI is InChI=1S/C21H24Cl2N2O3/c1-3-19(21(27)24-4-2)25(13-15-8-5-6-11-18(15)23)20(26)14-28-17-10-7-9-16(22)12-17/h5-12,19H,3-4,13-14H2,1-2H3,(H,24,27)/t19-/m0/s1. The molecule has 1 atom stereocenters. The number of ether oxygens (including phenoxy) is 1. The maximum atomic E-state index is 13.0. The molecular weight excluding hydrogens is 399 g/mol. The molecule has 0 saturated heterocycles. The van der Waals surface area contributed by atoms with Gasteiger partial charge in [-0.05, 0) is 43.2 Å². The van der Waals surface area contributed by atoms with Crippen molar-refractivity contribution in [2.75, 3.05) is 13.2 Å². The number of carbonyl (C=O) groups is 2. The first-order chi connectivity index (χ1) is 13.5. The largest absolute Gasteiger partial charge is 0.484 e. The molecule has 0 saturated carbocycles. The van der Waals surface area contributed by atoms with Crippen LogP contribution in [0.15, 0.2) is 48.5 Å². The normalized spacial score (nSPS) is 11.6. The third-order valence-corrected chi connectivity index (χ3v) is 4.80. The molecule has 0 fully saturated rings. The highest BCUT2D eigenvalue weighted by Crippen LogP contribution is 2.21. The lowest BCUT2D eigenvalue weighted by Gasteiger charge is -2.30. The third kappa shape index (κ3) is 6.14. The van der Waals surface area contributed by atoms with Crippen molar-refractivity contribution in [2.24, 2.45) is 0 Å². The van der Waals surface area contributed by atoms with Crippen LogP contribution in [-0.4, -0.2) is 35.9 Å². The summed E-state index contributed by atoms with van der Waals surface area (Å²) in [5, 5.41) is 3.85. The number of halogens is 2.